The van der Waals surface area contributed by atoms with Gasteiger partial charge in [0.2, 0.25) is 0 Å². The lowest BCUT2D eigenvalue weighted by molar-refractivity contribution is -0.138. The van der Waals surface area contributed by atoms with Crippen LogP contribution in [0.3, 0.4) is 0 Å². The summed E-state index contributed by atoms with van der Waals surface area (Å²) in [5.41, 5.74) is 0.205. The standard InChI is InChI=1S/C15H21BN2O7S/c19-6-7-24-18-14(11-4-2-8-26-11)15(22)17-12-5-1-3-10(9-13(20)21)25-16(12)23/h1-4,8,10,12,15,17,19,22-23H,5-7,9H2,(H,20,21)/b18-14+/t10-,12+,15?/m1/s1. The fourth-order valence-corrected chi connectivity index (χ4v) is 3.07. The summed E-state index contributed by atoms with van der Waals surface area (Å²) in [5, 5.41) is 46.8. The lowest BCUT2D eigenvalue weighted by Crippen LogP contribution is -2.52. The van der Waals surface area contributed by atoms with Gasteiger partial charge in [-0.25, -0.2) is 0 Å². The van der Waals surface area contributed by atoms with Gasteiger partial charge in [-0.05, 0) is 17.9 Å². The number of carboxylic acids is 1. The molecular formula is C15H21BN2O7S. The minimum atomic E-state index is -1.31. The van der Waals surface area contributed by atoms with E-state index in [1.165, 1.54) is 11.3 Å². The molecule has 3 atom stereocenters. The number of rotatable bonds is 9. The van der Waals surface area contributed by atoms with Crippen molar-refractivity contribution in [3.05, 3.63) is 34.5 Å². The van der Waals surface area contributed by atoms with Crippen LogP contribution in [0, 0.1) is 0 Å². The molecule has 0 fully saturated rings. The average molecular weight is 384 g/mol. The maximum Gasteiger partial charge on any atom is 0.473 e. The molecule has 0 spiro atoms. The Kier molecular flexibility index (Phi) is 8.23. The van der Waals surface area contributed by atoms with E-state index in [-0.39, 0.29) is 25.3 Å². The fraction of sp³-hybridized carbons (Fsp3) is 0.467. The first-order valence-corrected chi connectivity index (χ1v) is 8.90. The van der Waals surface area contributed by atoms with Gasteiger partial charge in [0, 0.05) is 5.94 Å². The molecule has 1 aromatic rings. The molecule has 2 rings (SSSR count). The van der Waals surface area contributed by atoms with Crippen LogP contribution in [0.1, 0.15) is 17.7 Å². The van der Waals surface area contributed by atoms with E-state index in [1.54, 1.807) is 24.3 Å². The molecule has 0 saturated carbocycles. The molecule has 26 heavy (non-hydrogen) atoms. The van der Waals surface area contributed by atoms with Crippen LogP contribution in [0.2, 0.25) is 0 Å². The molecule has 0 aromatic carbocycles. The molecule has 0 radical (unpaired) electrons. The molecule has 142 valence electrons. The maximum absolute atomic E-state index is 10.8. The van der Waals surface area contributed by atoms with Crippen LogP contribution in [0.15, 0.2) is 34.8 Å². The van der Waals surface area contributed by atoms with Gasteiger partial charge < -0.3 is 29.8 Å². The highest BCUT2D eigenvalue weighted by atomic mass is 32.1. The van der Waals surface area contributed by atoms with Crippen LogP contribution in [0.5, 0.6) is 0 Å². The van der Waals surface area contributed by atoms with Crippen molar-refractivity contribution in [3.63, 3.8) is 0 Å². The third-order valence-corrected chi connectivity index (χ3v) is 4.42. The van der Waals surface area contributed by atoms with E-state index in [0.29, 0.717) is 11.3 Å². The second-order valence-corrected chi connectivity index (χ2v) is 6.46. The van der Waals surface area contributed by atoms with Gasteiger partial charge in [-0.2, -0.15) is 0 Å². The predicted octanol–water partition coefficient (Wildman–Crippen LogP) is -0.423. The Labute approximate surface area is 154 Å². The van der Waals surface area contributed by atoms with Crippen molar-refractivity contribution >= 4 is 30.1 Å². The normalized spacial score (nSPS) is 22.1. The summed E-state index contributed by atoms with van der Waals surface area (Å²) in [5.74, 6) is -1.71. The molecule has 1 aliphatic heterocycles. The number of nitrogens with zero attached hydrogens (tertiary/aromatic N) is 1. The monoisotopic (exact) mass is 384 g/mol. The van der Waals surface area contributed by atoms with E-state index in [9.17, 15) is 14.9 Å². The molecule has 11 heteroatoms. The first kappa shape index (κ1) is 20.6. The molecule has 1 unspecified atom stereocenters. The zero-order valence-corrected chi connectivity index (χ0v) is 14.7. The lowest BCUT2D eigenvalue weighted by Gasteiger charge is -2.23. The Bertz CT molecular complexity index is 626. The summed E-state index contributed by atoms with van der Waals surface area (Å²) < 4.78 is 5.32. The Morgan fingerprint density at radius 2 is 2.38 bits per heavy atom. The zero-order chi connectivity index (χ0) is 18.9. The van der Waals surface area contributed by atoms with E-state index in [2.05, 4.69) is 10.5 Å². The average Bonchev–Trinajstić information content (AvgIpc) is 3.05. The highest BCUT2D eigenvalue weighted by Gasteiger charge is 2.34. The fourth-order valence-electron chi connectivity index (χ4n) is 2.34. The van der Waals surface area contributed by atoms with Crippen LogP contribution in [0.25, 0.3) is 0 Å². The number of aliphatic carboxylic acids is 1. The summed E-state index contributed by atoms with van der Waals surface area (Å²) >= 11 is 1.35. The quantitative estimate of drug-likeness (QED) is 0.0966. The number of oxime groups is 1. The number of aliphatic hydroxyl groups excluding tert-OH is 2. The van der Waals surface area contributed by atoms with E-state index in [1.807, 2.05) is 5.38 Å². The van der Waals surface area contributed by atoms with Crippen LogP contribution in [-0.2, 0) is 14.3 Å². The van der Waals surface area contributed by atoms with Crippen LogP contribution in [-0.4, -0.2) is 70.6 Å². The maximum atomic E-state index is 10.8. The predicted molar refractivity (Wildman–Crippen MR) is 95.7 cm³/mol. The molecule has 2 heterocycles. The number of hydrogen-bond donors (Lipinski definition) is 5. The second-order valence-electron chi connectivity index (χ2n) is 5.51. The topological polar surface area (TPSA) is 141 Å². The van der Waals surface area contributed by atoms with Crippen molar-refractivity contribution in [2.24, 2.45) is 5.16 Å². The third-order valence-electron chi connectivity index (χ3n) is 3.53. The van der Waals surface area contributed by atoms with Crippen molar-refractivity contribution < 1.29 is 34.6 Å². The molecule has 5 N–H and O–H groups in total. The van der Waals surface area contributed by atoms with Gasteiger partial charge >= 0.3 is 13.1 Å². The molecule has 0 amide bonds. The number of carbonyl (C=O) groups is 1. The van der Waals surface area contributed by atoms with Gasteiger partial charge in [0.05, 0.1) is 24.0 Å². The van der Waals surface area contributed by atoms with Crippen molar-refractivity contribution in [2.45, 2.75) is 31.1 Å². The number of aliphatic hydroxyl groups is 2. The number of nitrogens with one attached hydrogen (secondary N) is 1. The molecule has 0 bridgehead atoms. The van der Waals surface area contributed by atoms with Gasteiger partial charge in [0.15, 0.2) is 6.23 Å². The summed E-state index contributed by atoms with van der Waals surface area (Å²) in [7, 11) is -1.31. The zero-order valence-electron chi connectivity index (χ0n) is 13.9. The van der Waals surface area contributed by atoms with Gasteiger partial charge in [-0.3, -0.25) is 10.1 Å². The van der Waals surface area contributed by atoms with Crippen molar-refractivity contribution in [1.29, 1.82) is 0 Å². The second kappa shape index (κ2) is 10.4. The first-order chi connectivity index (χ1) is 12.5. The van der Waals surface area contributed by atoms with E-state index in [0.717, 1.165) is 0 Å². The highest BCUT2D eigenvalue weighted by Crippen LogP contribution is 2.16. The van der Waals surface area contributed by atoms with Gasteiger partial charge in [-0.15, -0.1) is 11.3 Å². The Balaban J connectivity index is 2.03. The number of thiophene rings is 1. The number of hydrogen-bond acceptors (Lipinski definition) is 9. The highest BCUT2D eigenvalue weighted by molar-refractivity contribution is 7.12. The van der Waals surface area contributed by atoms with Crippen molar-refractivity contribution in [1.82, 2.24) is 5.32 Å². The Morgan fingerprint density at radius 1 is 1.58 bits per heavy atom. The third kappa shape index (κ3) is 6.20. The molecular weight excluding hydrogens is 363 g/mol. The van der Waals surface area contributed by atoms with Crippen molar-refractivity contribution in [2.75, 3.05) is 13.2 Å². The van der Waals surface area contributed by atoms with Crippen molar-refractivity contribution in [3.8, 4) is 0 Å². The van der Waals surface area contributed by atoms with Crippen LogP contribution in [0.4, 0.5) is 0 Å². The van der Waals surface area contributed by atoms with Gasteiger partial charge in [0.25, 0.3) is 0 Å². The lowest BCUT2D eigenvalue weighted by atomic mass is 9.77. The molecule has 1 aromatic heterocycles. The first-order valence-electron chi connectivity index (χ1n) is 8.02. The molecule has 1 aliphatic rings. The molecule has 0 saturated heterocycles. The SMILES string of the molecule is O=C(O)C[C@H]1C=CC[C@H](NC(O)/C(=N/OCCO)c2cccs2)B(O)O1. The van der Waals surface area contributed by atoms with E-state index < -0.39 is 31.4 Å². The van der Waals surface area contributed by atoms with Gasteiger partial charge in [0.1, 0.15) is 12.3 Å². The van der Waals surface area contributed by atoms with Gasteiger partial charge in [-0.1, -0.05) is 23.4 Å². The summed E-state index contributed by atoms with van der Waals surface area (Å²) in [6.07, 6.45) is 1.32. The summed E-state index contributed by atoms with van der Waals surface area (Å²) in [4.78, 5) is 16.4. The van der Waals surface area contributed by atoms with Crippen LogP contribution < -0.4 is 5.32 Å². The van der Waals surface area contributed by atoms with E-state index in [4.69, 9.17) is 19.7 Å². The summed E-state index contributed by atoms with van der Waals surface area (Å²) in [6.45, 7) is -0.230. The van der Waals surface area contributed by atoms with Crippen LogP contribution >= 0.6 is 11.3 Å². The Hall–Kier alpha value is -1.76. The molecule has 9 nitrogen and oxygen atoms in total. The smallest absolute Gasteiger partial charge is 0.473 e. The minimum absolute atomic E-state index is 0.0175. The summed E-state index contributed by atoms with van der Waals surface area (Å²) in [6, 6.07) is 3.54. The minimum Gasteiger partial charge on any atom is -0.481 e. The largest absolute Gasteiger partial charge is 0.481 e. The van der Waals surface area contributed by atoms with E-state index >= 15 is 0 Å². The Morgan fingerprint density at radius 3 is 3.04 bits per heavy atom. The number of carboxylic acid groups (broad SMARTS) is 1. The molecule has 0 aliphatic carbocycles.